The summed E-state index contributed by atoms with van der Waals surface area (Å²) in [4.78, 5) is 26.0. The fourth-order valence-corrected chi connectivity index (χ4v) is 3.40. The van der Waals surface area contributed by atoms with E-state index in [0.717, 1.165) is 50.8 Å². The van der Waals surface area contributed by atoms with Gasteiger partial charge < -0.3 is 15.3 Å². The minimum atomic E-state index is -0.446. The molecule has 1 aliphatic carbocycles. The molecule has 23 heavy (non-hydrogen) atoms. The van der Waals surface area contributed by atoms with E-state index in [4.69, 9.17) is 0 Å². The van der Waals surface area contributed by atoms with Gasteiger partial charge in [0.1, 0.15) is 0 Å². The van der Waals surface area contributed by atoms with Gasteiger partial charge in [0, 0.05) is 24.2 Å². The van der Waals surface area contributed by atoms with E-state index in [1.54, 1.807) is 17.0 Å². The molecular formula is C18H24N2O3. The van der Waals surface area contributed by atoms with Gasteiger partial charge in [-0.25, -0.2) is 0 Å². The molecule has 1 heterocycles. The number of amides is 2. The summed E-state index contributed by atoms with van der Waals surface area (Å²) in [5, 5.41) is 12.9. The summed E-state index contributed by atoms with van der Waals surface area (Å²) < 4.78 is 0. The molecule has 124 valence electrons. The smallest absolute Gasteiger partial charge is 0.251 e. The first kappa shape index (κ1) is 16.0. The predicted octanol–water partition coefficient (Wildman–Crippen LogP) is 2.24. The van der Waals surface area contributed by atoms with Crippen molar-refractivity contribution in [2.75, 3.05) is 11.4 Å². The number of nitrogens with zero attached hydrogens (tertiary/aromatic N) is 1. The van der Waals surface area contributed by atoms with Gasteiger partial charge in [-0.2, -0.15) is 0 Å². The van der Waals surface area contributed by atoms with Crippen molar-refractivity contribution in [1.29, 1.82) is 0 Å². The number of anilines is 1. The minimum absolute atomic E-state index is 0.152. The monoisotopic (exact) mass is 316 g/mol. The van der Waals surface area contributed by atoms with Gasteiger partial charge in [-0.05, 0) is 49.9 Å². The third-order valence-corrected chi connectivity index (χ3v) is 4.81. The molecule has 2 unspecified atom stereocenters. The fourth-order valence-electron chi connectivity index (χ4n) is 3.40. The summed E-state index contributed by atoms with van der Waals surface area (Å²) in [7, 11) is 0. The fraction of sp³-hybridized carbons (Fsp3) is 0.556. The molecule has 1 saturated carbocycles. The standard InChI is InChI=1S/C18H24N2O3/c21-16-6-2-1-5-15(16)19-18(23)13-8-10-14(11-9-13)20-12-4-3-7-17(20)22/h8-11,15-16,21H,1-7,12H2,(H,19,23). The second kappa shape index (κ2) is 7.13. The maximum Gasteiger partial charge on any atom is 0.251 e. The van der Waals surface area contributed by atoms with Gasteiger partial charge in [-0.15, -0.1) is 0 Å². The van der Waals surface area contributed by atoms with Gasteiger partial charge in [0.25, 0.3) is 5.91 Å². The first-order valence-electron chi connectivity index (χ1n) is 8.54. The Bertz CT molecular complexity index is 570. The second-order valence-corrected chi connectivity index (χ2v) is 6.48. The van der Waals surface area contributed by atoms with E-state index in [2.05, 4.69) is 5.32 Å². The highest BCUT2D eigenvalue weighted by atomic mass is 16.3. The van der Waals surface area contributed by atoms with Crippen LogP contribution in [0.15, 0.2) is 24.3 Å². The van der Waals surface area contributed by atoms with Gasteiger partial charge in [0.05, 0.1) is 12.1 Å². The molecule has 1 saturated heterocycles. The lowest BCUT2D eigenvalue weighted by Crippen LogP contribution is -2.45. The lowest BCUT2D eigenvalue weighted by Gasteiger charge is -2.28. The Balaban J connectivity index is 1.64. The first-order valence-corrected chi connectivity index (χ1v) is 8.54. The predicted molar refractivity (Wildman–Crippen MR) is 88.4 cm³/mol. The van der Waals surface area contributed by atoms with Crippen LogP contribution in [-0.4, -0.2) is 35.6 Å². The minimum Gasteiger partial charge on any atom is -0.391 e. The summed E-state index contributed by atoms with van der Waals surface area (Å²) in [5.41, 5.74) is 1.42. The van der Waals surface area contributed by atoms with Crippen LogP contribution >= 0.6 is 0 Å². The van der Waals surface area contributed by atoms with Crippen LogP contribution in [0.2, 0.25) is 0 Å². The first-order chi connectivity index (χ1) is 11.1. The van der Waals surface area contributed by atoms with Crippen LogP contribution in [-0.2, 0) is 4.79 Å². The molecule has 5 nitrogen and oxygen atoms in total. The number of carbonyl (C=O) groups is 2. The van der Waals surface area contributed by atoms with Gasteiger partial charge in [-0.3, -0.25) is 9.59 Å². The summed E-state index contributed by atoms with van der Waals surface area (Å²) in [6, 6.07) is 7.01. The van der Waals surface area contributed by atoms with Crippen molar-refractivity contribution in [2.24, 2.45) is 0 Å². The SMILES string of the molecule is O=C(NC1CCCCC1O)c1ccc(N2CCCCC2=O)cc1. The van der Waals surface area contributed by atoms with Crippen molar-refractivity contribution in [3.63, 3.8) is 0 Å². The molecule has 2 aliphatic rings. The quantitative estimate of drug-likeness (QED) is 0.898. The Morgan fingerprint density at radius 3 is 2.52 bits per heavy atom. The molecule has 2 atom stereocenters. The van der Waals surface area contributed by atoms with Crippen LogP contribution in [0.3, 0.4) is 0 Å². The van der Waals surface area contributed by atoms with Crippen LogP contribution in [0, 0.1) is 0 Å². The van der Waals surface area contributed by atoms with Crippen molar-refractivity contribution in [1.82, 2.24) is 5.32 Å². The second-order valence-electron chi connectivity index (χ2n) is 6.48. The molecule has 0 spiro atoms. The topological polar surface area (TPSA) is 69.6 Å². The highest BCUT2D eigenvalue weighted by molar-refractivity contribution is 5.97. The number of piperidine rings is 1. The number of carbonyl (C=O) groups excluding carboxylic acids is 2. The number of hydrogen-bond acceptors (Lipinski definition) is 3. The Labute approximate surface area is 136 Å². The van der Waals surface area contributed by atoms with Crippen molar-refractivity contribution in [3.8, 4) is 0 Å². The van der Waals surface area contributed by atoms with E-state index in [0.29, 0.717) is 12.0 Å². The lowest BCUT2D eigenvalue weighted by molar-refractivity contribution is -0.119. The van der Waals surface area contributed by atoms with Gasteiger partial charge >= 0.3 is 0 Å². The largest absolute Gasteiger partial charge is 0.391 e. The van der Waals surface area contributed by atoms with E-state index in [1.807, 2.05) is 12.1 Å². The van der Waals surface area contributed by atoms with Gasteiger partial charge in [-0.1, -0.05) is 12.8 Å². The number of benzene rings is 1. The summed E-state index contributed by atoms with van der Waals surface area (Å²) in [5.74, 6) is -0.00810. The number of nitrogens with one attached hydrogen (secondary N) is 1. The van der Waals surface area contributed by atoms with Crippen LogP contribution in [0.5, 0.6) is 0 Å². The van der Waals surface area contributed by atoms with E-state index in [1.165, 1.54) is 0 Å². The van der Waals surface area contributed by atoms with Gasteiger partial charge in [0.15, 0.2) is 0 Å². The molecular weight excluding hydrogens is 292 g/mol. The molecule has 1 aromatic carbocycles. The van der Waals surface area contributed by atoms with Crippen LogP contribution in [0.4, 0.5) is 5.69 Å². The molecule has 0 bridgehead atoms. The molecule has 0 radical (unpaired) electrons. The van der Waals surface area contributed by atoms with Gasteiger partial charge in [0.2, 0.25) is 5.91 Å². The zero-order valence-electron chi connectivity index (χ0n) is 13.3. The highest BCUT2D eigenvalue weighted by Crippen LogP contribution is 2.22. The summed E-state index contributed by atoms with van der Waals surface area (Å²) in [6.07, 6.45) is 5.77. The van der Waals surface area contributed by atoms with E-state index >= 15 is 0 Å². The van der Waals surface area contributed by atoms with Crippen LogP contribution < -0.4 is 10.2 Å². The maximum absolute atomic E-state index is 12.3. The zero-order chi connectivity index (χ0) is 16.2. The van der Waals surface area contributed by atoms with E-state index in [-0.39, 0.29) is 17.9 Å². The molecule has 2 fully saturated rings. The van der Waals surface area contributed by atoms with Crippen LogP contribution in [0.1, 0.15) is 55.3 Å². The third-order valence-electron chi connectivity index (χ3n) is 4.81. The summed E-state index contributed by atoms with van der Waals surface area (Å²) in [6.45, 7) is 0.749. The average Bonchev–Trinajstić information content (AvgIpc) is 2.57. The molecule has 1 aromatic rings. The van der Waals surface area contributed by atoms with E-state index < -0.39 is 6.10 Å². The van der Waals surface area contributed by atoms with Crippen molar-refractivity contribution >= 4 is 17.5 Å². The molecule has 2 N–H and O–H groups in total. The summed E-state index contributed by atoms with van der Waals surface area (Å²) >= 11 is 0. The van der Waals surface area contributed by atoms with Crippen molar-refractivity contribution in [2.45, 2.75) is 57.1 Å². The molecule has 0 aromatic heterocycles. The van der Waals surface area contributed by atoms with Crippen molar-refractivity contribution in [3.05, 3.63) is 29.8 Å². The normalized spacial score (nSPS) is 25.3. The molecule has 2 amide bonds. The Kier molecular flexibility index (Phi) is 4.96. The highest BCUT2D eigenvalue weighted by Gasteiger charge is 2.25. The maximum atomic E-state index is 12.3. The number of hydrogen-bond donors (Lipinski definition) is 2. The number of aliphatic hydroxyl groups excluding tert-OH is 1. The average molecular weight is 316 g/mol. The van der Waals surface area contributed by atoms with Crippen LogP contribution in [0.25, 0.3) is 0 Å². The number of aliphatic hydroxyl groups is 1. The van der Waals surface area contributed by atoms with Crippen molar-refractivity contribution < 1.29 is 14.7 Å². The zero-order valence-corrected chi connectivity index (χ0v) is 13.3. The van der Waals surface area contributed by atoms with E-state index in [9.17, 15) is 14.7 Å². The lowest BCUT2D eigenvalue weighted by atomic mass is 9.92. The Hall–Kier alpha value is -1.88. The Morgan fingerprint density at radius 2 is 1.83 bits per heavy atom. The Morgan fingerprint density at radius 1 is 1.09 bits per heavy atom. The molecule has 1 aliphatic heterocycles. The number of rotatable bonds is 3. The third kappa shape index (κ3) is 3.72. The molecule has 5 heteroatoms. The molecule has 3 rings (SSSR count).